The minimum Gasteiger partial charge on any atom is -0.493 e. The van der Waals surface area contributed by atoms with E-state index in [1.807, 2.05) is 43.5 Å². The third-order valence-corrected chi connectivity index (χ3v) is 5.36. The maximum absolute atomic E-state index is 12.6. The van der Waals surface area contributed by atoms with E-state index in [1.165, 1.54) is 4.90 Å². The van der Waals surface area contributed by atoms with E-state index in [2.05, 4.69) is 21.3 Å². The van der Waals surface area contributed by atoms with Crippen LogP contribution in [0.2, 0.25) is 0 Å². The van der Waals surface area contributed by atoms with Gasteiger partial charge in [-0.05, 0) is 30.7 Å². The van der Waals surface area contributed by atoms with E-state index in [4.69, 9.17) is 9.47 Å². The van der Waals surface area contributed by atoms with Gasteiger partial charge < -0.3 is 19.7 Å². The van der Waals surface area contributed by atoms with E-state index in [1.54, 1.807) is 14.2 Å². The first kappa shape index (κ1) is 19.9. The van der Waals surface area contributed by atoms with Crippen molar-refractivity contribution in [2.45, 2.75) is 19.5 Å². The van der Waals surface area contributed by atoms with Crippen LogP contribution in [0.5, 0.6) is 11.5 Å². The van der Waals surface area contributed by atoms with Crippen molar-refractivity contribution in [3.05, 3.63) is 48.2 Å². The molecule has 1 saturated heterocycles. The summed E-state index contributed by atoms with van der Waals surface area (Å²) in [5.41, 5.74) is 0.984. The Morgan fingerprint density at radius 3 is 2.57 bits per heavy atom. The second-order valence-corrected chi connectivity index (χ2v) is 7.02. The maximum Gasteiger partial charge on any atom is 0.278 e. The van der Waals surface area contributed by atoms with Crippen molar-refractivity contribution in [3.8, 4) is 11.5 Å². The van der Waals surface area contributed by atoms with Crippen molar-refractivity contribution < 1.29 is 24.2 Å². The number of carbonyl (C=O) groups is 1. The highest BCUT2D eigenvalue weighted by Gasteiger charge is 2.32. The quantitative estimate of drug-likeness (QED) is 0.699. The predicted octanol–water partition coefficient (Wildman–Crippen LogP) is -0.0723. The fourth-order valence-corrected chi connectivity index (χ4v) is 3.57. The first-order chi connectivity index (χ1) is 13.6. The number of aromatic nitrogens is 1. The number of H-pyrrole nitrogens is 1. The van der Waals surface area contributed by atoms with E-state index in [-0.39, 0.29) is 11.9 Å². The minimum atomic E-state index is -0.0814. The minimum absolute atomic E-state index is 0.0736. The van der Waals surface area contributed by atoms with Crippen LogP contribution in [0.4, 0.5) is 5.82 Å². The zero-order valence-electron chi connectivity index (χ0n) is 16.8. The summed E-state index contributed by atoms with van der Waals surface area (Å²) in [7, 11) is 3.22. The number of pyridine rings is 1. The third-order valence-electron chi connectivity index (χ3n) is 5.36. The molecule has 150 valence electrons. The molecule has 1 amide bonds. The zero-order valence-corrected chi connectivity index (χ0v) is 16.8. The molecule has 1 aromatic carbocycles. The molecule has 3 rings (SSSR count). The number of benzene rings is 1. The Kier molecular flexibility index (Phi) is 6.71. The first-order valence-corrected chi connectivity index (χ1v) is 9.67. The van der Waals surface area contributed by atoms with Crippen LogP contribution in [0.15, 0.2) is 42.6 Å². The van der Waals surface area contributed by atoms with Gasteiger partial charge in [0.1, 0.15) is 26.2 Å². The topological polar surface area (TPSA) is 69.4 Å². The van der Waals surface area contributed by atoms with Crippen molar-refractivity contribution in [1.82, 2.24) is 5.32 Å². The number of anilines is 1. The maximum atomic E-state index is 12.6. The summed E-state index contributed by atoms with van der Waals surface area (Å²) in [6.07, 6.45) is 1.94. The third kappa shape index (κ3) is 4.72. The summed E-state index contributed by atoms with van der Waals surface area (Å²) in [5, 5.41) is 3.05. The molecule has 0 saturated carbocycles. The highest BCUT2D eigenvalue weighted by molar-refractivity contribution is 5.79. The molecule has 0 radical (unpaired) electrons. The number of hydrogen-bond donors (Lipinski definition) is 2. The number of amides is 1. The van der Waals surface area contributed by atoms with Gasteiger partial charge >= 0.3 is 0 Å². The van der Waals surface area contributed by atoms with Gasteiger partial charge in [-0.2, -0.15) is 0 Å². The molecule has 0 spiro atoms. The van der Waals surface area contributed by atoms with Crippen LogP contribution in [0.3, 0.4) is 0 Å². The molecular weight excluding hydrogens is 356 g/mol. The van der Waals surface area contributed by atoms with Crippen LogP contribution in [0.25, 0.3) is 0 Å². The smallest absolute Gasteiger partial charge is 0.278 e. The lowest BCUT2D eigenvalue weighted by Crippen LogP contribution is -3.19. The van der Waals surface area contributed by atoms with Gasteiger partial charge in [0.2, 0.25) is 0 Å². The summed E-state index contributed by atoms with van der Waals surface area (Å²) >= 11 is 0. The van der Waals surface area contributed by atoms with Crippen LogP contribution < -0.4 is 29.6 Å². The fraction of sp³-hybridized carbons (Fsp3) is 0.429. The number of quaternary nitrogens is 1. The molecule has 1 aliphatic heterocycles. The van der Waals surface area contributed by atoms with E-state index in [0.29, 0.717) is 18.0 Å². The summed E-state index contributed by atoms with van der Waals surface area (Å²) in [5.74, 6) is 2.56. The molecule has 2 aromatic rings. The Morgan fingerprint density at radius 1 is 1.18 bits per heavy atom. The van der Waals surface area contributed by atoms with Gasteiger partial charge in [0.05, 0.1) is 20.4 Å². The molecular formula is C21H30N4O3+2. The Labute approximate surface area is 166 Å². The highest BCUT2D eigenvalue weighted by atomic mass is 16.5. The molecule has 7 nitrogen and oxygen atoms in total. The molecule has 1 aromatic heterocycles. The molecule has 0 bridgehead atoms. The van der Waals surface area contributed by atoms with Gasteiger partial charge in [-0.1, -0.05) is 12.1 Å². The number of rotatable bonds is 7. The summed E-state index contributed by atoms with van der Waals surface area (Å²) in [6.45, 7) is 6.22. The zero-order chi connectivity index (χ0) is 19.9. The Bertz CT molecular complexity index is 776. The number of aromatic amines is 1. The van der Waals surface area contributed by atoms with E-state index >= 15 is 0 Å². The number of nitrogens with zero attached hydrogens (tertiary/aromatic N) is 1. The van der Waals surface area contributed by atoms with E-state index in [0.717, 1.165) is 37.6 Å². The second-order valence-electron chi connectivity index (χ2n) is 7.02. The number of piperazine rings is 1. The van der Waals surface area contributed by atoms with Crippen LogP contribution in [0.1, 0.15) is 12.5 Å². The van der Waals surface area contributed by atoms with Crippen LogP contribution in [0, 0.1) is 0 Å². The number of carbonyl (C=O) groups excluding carboxylic acids is 1. The van der Waals surface area contributed by atoms with Crippen molar-refractivity contribution in [2.75, 3.05) is 45.3 Å². The summed E-state index contributed by atoms with van der Waals surface area (Å²) in [4.78, 5) is 19.6. The molecule has 3 N–H and O–H groups in total. The standard InChI is InChI=1S/C21H28N4O3/c1-16(24-10-12-25(13-11-24)20-6-4-5-9-22-20)21(26)23-15-17-7-8-18(27-2)19(14-17)28-3/h4-9,14,16H,10-13,15H2,1-3H3,(H,23,26)/p+2/t16-/m0/s1. The summed E-state index contributed by atoms with van der Waals surface area (Å²) < 4.78 is 10.6. The normalized spacial score (nSPS) is 15.8. The first-order valence-electron chi connectivity index (χ1n) is 9.67. The van der Waals surface area contributed by atoms with Crippen LogP contribution >= 0.6 is 0 Å². The largest absolute Gasteiger partial charge is 0.493 e. The number of ether oxygens (including phenoxy) is 2. The van der Waals surface area contributed by atoms with Gasteiger partial charge in [0.15, 0.2) is 17.5 Å². The average Bonchev–Trinajstić information content (AvgIpc) is 2.77. The molecule has 28 heavy (non-hydrogen) atoms. The lowest BCUT2D eigenvalue weighted by Gasteiger charge is -2.31. The molecule has 0 aliphatic carbocycles. The van der Waals surface area contributed by atoms with Gasteiger partial charge in [0.25, 0.3) is 11.7 Å². The fourth-order valence-electron chi connectivity index (χ4n) is 3.57. The van der Waals surface area contributed by atoms with Gasteiger partial charge in [-0.25, -0.2) is 4.98 Å². The molecule has 1 fully saturated rings. The van der Waals surface area contributed by atoms with Gasteiger partial charge in [-0.15, -0.1) is 0 Å². The van der Waals surface area contributed by atoms with Gasteiger partial charge in [0, 0.05) is 12.6 Å². The monoisotopic (exact) mass is 386 g/mol. The molecule has 2 heterocycles. The van der Waals surface area contributed by atoms with Crippen molar-refractivity contribution in [1.29, 1.82) is 0 Å². The van der Waals surface area contributed by atoms with Crippen molar-refractivity contribution >= 4 is 11.7 Å². The second kappa shape index (κ2) is 9.41. The van der Waals surface area contributed by atoms with E-state index < -0.39 is 0 Å². The van der Waals surface area contributed by atoms with Crippen LogP contribution in [-0.4, -0.2) is 52.3 Å². The number of hydrogen-bond acceptors (Lipinski definition) is 4. The van der Waals surface area contributed by atoms with E-state index in [9.17, 15) is 4.79 Å². The molecule has 0 unspecified atom stereocenters. The highest BCUT2D eigenvalue weighted by Crippen LogP contribution is 2.27. The van der Waals surface area contributed by atoms with Crippen molar-refractivity contribution in [3.63, 3.8) is 0 Å². The summed E-state index contributed by atoms with van der Waals surface area (Å²) in [6, 6.07) is 11.7. The molecule has 7 heteroatoms. The Balaban J connectivity index is 1.50. The number of nitrogens with one attached hydrogen (secondary N) is 3. The SMILES string of the molecule is COc1ccc(CNC(=O)[C@H](C)[NH+]2CCN(c3cccc[nH+]3)CC2)cc1OC. The van der Waals surface area contributed by atoms with Crippen molar-refractivity contribution in [2.24, 2.45) is 0 Å². The lowest BCUT2D eigenvalue weighted by molar-refractivity contribution is -0.914. The Hall–Kier alpha value is -2.80. The molecule has 1 atom stereocenters. The number of methoxy groups -OCH3 is 2. The Morgan fingerprint density at radius 2 is 1.93 bits per heavy atom. The predicted molar refractivity (Wildman–Crippen MR) is 107 cm³/mol. The van der Waals surface area contributed by atoms with Crippen LogP contribution in [-0.2, 0) is 11.3 Å². The average molecular weight is 386 g/mol. The lowest BCUT2D eigenvalue weighted by atomic mass is 10.1. The van der Waals surface area contributed by atoms with Gasteiger partial charge in [-0.3, -0.25) is 9.69 Å². The molecule has 1 aliphatic rings.